The average Bonchev–Trinajstić information content (AvgIpc) is 3.01. The largest absolute Gasteiger partial charge is 0.384 e. The molecule has 1 aliphatic rings. The third-order valence-electron chi connectivity index (χ3n) is 5.26. The summed E-state index contributed by atoms with van der Waals surface area (Å²) >= 11 is 0. The summed E-state index contributed by atoms with van der Waals surface area (Å²) in [6, 6.07) is 5.43. The lowest BCUT2D eigenvalue weighted by molar-refractivity contribution is 0.103. The molecule has 2 aromatic rings. The van der Waals surface area contributed by atoms with Gasteiger partial charge in [0.1, 0.15) is 11.4 Å². The molecule has 0 unspecified atom stereocenters. The van der Waals surface area contributed by atoms with Crippen LogP contribution < -0.4 is 17.0 Å². The van der Waals surface area contributed by atoms with E-state index in [0.717, 1.165) is 34.8 Å². The first-order valence-corrected chi connectivity index (χ1v) is 10.8. The normalized spacial score (nSPS) is 15.8. The van der Waals surface area contributed by atoms with Gasteiger partial charge in [0.25, 0.3) is 5.56 Å². The maximum absolute atomic E-state index is 12.9. The molecule has 156 valence electrons. The molecule has 10 heteroatoms. The molecule has 0 aliphatic carbocycles. The molecule has 1 aliphatic heterocycles. The number of nitrogens with zero attached hydrogens (tertiary/aromatic N) is 3. The van der Waals surface area contributed by atoms with Gasteiger partial charge in [-0.3, -0.25) is 18.7 Å². The summed E-state index contributed by atoms with van der Waals surface area (Å²) in [5.41, 5.74) is 4.19. The van der Waals surface area contributed by atoms with Crippen LogP contribution in [-0.4, -0.2) is 40.7 Å². The molecule has 1 fully saturated rings. The number of hydrogen-bond acceptors (Lipinski definition) is 6. The van der Waals surface area contributed by atoms with Crippen molar-refractivity contribution in [1.82, 2.24) is 13.4 Å². The van der Waals surface area contributed by atoms with Gasteiger partial charge < -0.3 is 5.73 Å². The van der Waals surface area contributed by atoms with Crippen molar-refractivity contribution >= 4 is 21.6 Å². The zero-order valence-electron chi connectivity index (χ0n) is 16.4. The van der Waals surface area contributed by atoms with Gasteiger partial charge in [-0.15, -0.1) is 0 Å². The highest BCUT2D eigenvalue weighted by Gasteiger charge is 2.26. The van der Waals surface area contributed by atoms with Crippen molar-refractivity contribution < 1.29 is 13.2 Å². The fraction of sp³-hybridized carbons (Fsp3) is 0.421. The Labute approximate surface area is 168 Å². The van der Waals surface area contributed by atoms with E-state index < -0.39 is 27.1 Å². The number of aromatic nitrogens is 2. The minimum absolute atomic E-state index is 0.0947. The summed E-state index contributed by atoms with van der Waals surface area (Å²) in [5.74, 6) is -0.901. The van der Waals surface area contributed by atoms with Gasteiger partial charge in [0.2, 0.25) is 15.8 Å². The van der Waals surface area contributed by atoms with E-state index in [1.165, 1.54) is 42.7 Å². The summed E-state index contributed by atoms with van der Waals surface area (Å²) in [7, 11) is -1.01. The van der Waals surface area contributed by atoms with Crippen LogP contribution in [0.4, 0.5) is 5.82 Å². The first kappa shape index (κ1) is 21.0. The fourth-order valence-corrected chi connectivity index (χ4v) is 4.94. The number of nitrogens with two attached hydrogens (primary N) is 1. The molecule has 0 spiro atoms. The summed E-state index contributed by atoms with van der Waals surface area (Å²) in [4.78, 5) is 37.2. The van der Waals surface area contributed by atoms with Crippen molar-refractivity contribution in [3.63, 3.8) is 0 Å². The molecule has 1 aromatic carbocycles. The van der Waals surface area contributed by atoms with Gasteiger partial charge in [-0.1, -0.05) is 12.8 Å². The molecule has 2 heterocycles. The molecule has 1 aromatic heterocycles. The number of hydrogen-bond donors (Lipinski definition) is 1. The number of sulfonamides is 1. The second-order valence-electron chi connectivity index (χ2n) is 7.14. The van der Waals surface area contributed by atoms with Crippen LogP contribution in [-0.2, 0) is 24.1 Å². The van der Waals surface area contributed by atoms with Crippen LogP contribution in [0.15, 0.2) is 38.8 Å². The number of carbonyl (C=O) groups excluding carboxylic acids is 1. The monoisotopic (exact) mass is 420 g/mol. The summed E-state index contributed by atoms with van der Waals surface area (Å²) in [6.07, 6.45) is 3.67. The maximum atomic E-state index is 12.9. The molecule has 3 rings (SSSR count). The Morgan fingerprint density at radius 1 is 0.931 bits per heavy atom. The topological polar surface area (TPSA) is 124 Å². The number of nitrogen functional groups attached to an aromatic ring is 1. The van der Waals surface area contributed by atoms with Crippen molar-refractivity contribution in [3.8, 4) is 0 Å². The predicted molar refractivity (Wildman–Crippen MR) is 108 cm³/mol. The lowest BCUT2D eigenvalue weighted by Gasteiger charge is -2.20. The van der Waals surface area contributed by atoms with Gasteiger partial charge in [0.05, 0.1) is 4.90 Å². The van der Waals surface area contributed by atoms with Crippen LogP contribution in [0.25, 0.3) is 0 Å². The summed E-state index contributed by atoms with van der Waals surface area (Å²) in [5, 5.41) is 0. The second-order valence-corrected chi connectivity index (χ2v) is 9.08. The van der Waals surface area contributed by atoms with Crippen LogP contribution in [0.5, 0.6) is 0 Å². The fourth-order valence-electron chi connectivity index (χ4n) is 3.43. The van der Waals surface area contributed by atoms with Gasteiger partial charge in [0, 0.05) is 32.7 Å². The van der Waals surface area contributed by atoms with Gasteiger partial charge in [0.15, 0.2) is 0 Å². The molecular weight excluding hydrogens is 396 g/mol. The van der Waals surface area contributed by atoms with E-state index in [9.17, 15) is 22.8 Å². The standard InChI is InChI=1S/C19H24N4O5S/c1-21-17(20)15(18(25)22(2)19(21)26)16(24)13-7-9-14(10-8-13)29(27,28)23-11-5-3-4-6-12-23/h7-10H,3-6,11-12,20H2,1-2H3. The van der Waals surface area contributed by atoms with Crippen molar-refractivity contribution in [2.45, 2.75) is 30.6 Å². The highest BCUT2D eigenvalue weighted by Crippen LogP contribution is 2.21. The third-order valence-corrected chi connectivity index (χ3v) is 7.17. The Morgan fingerprint density at radius 3 is 2.03 bits per heavy atom. The molecule has 0 amide bonds. The zero-order valence-corrected chi connectivity index (χ0v) is 17.2. The van der Waals surface area contributed by atoms with E-state index in [4.69, 9.17) is 5.73 Å². The van der Waals surface area contributed by atoms with Crippen LogP contribution in [0.2, 0.25) is 0 Å². The number of rotatable bonds is 4. The Morgan fingerprint density at radius 2 is 1.48 bits per heavy atom. The van der Waals surface area contributed by atoms with Crippen LogP contribution in [0, 0.1) is 0 Å². The zero-order chi connectivity index (χ0) is 21.3. The number of anilines is 1. The van der Waals surface area contributed by atoms with E-state index in [1.54, 1.807) is 0 Å². The van der Waals surface area contributed by atoms with Gasteiger partial charge >= 0.3 is 5.69 Å². The Bertz CT molecular complexity index is 1150. The summed E-state index contributed by atoms with van der Waals surface area (Å²) in [6.45, 7) is 0.960. The van der Waals surface area contributed by atoms with E-state index in [2.05, 4.69) is 0 Å². The van der Waals surface area contributed by atoms with E-state index in [1.807, 2.05) is 0 Å². The molecule has 29 heavy (non-hydrogen) atoms. The molecule has 2 N–H and O–H groups in total. The highest BCUT2D eigenvalue weighted by molar-refractivity contribution is 7.89. The smallest absolute Gasteiger partial charge is 0.332 e. The maximum Gasteiger partial charge on any atom is 0.332 e. The molecule has 0 atom stereocenters. The van der Waals surface area contributed by atoms with E-state index in [-0.39, 0.29) is 21.8 Å². The lowest BCUT2D eigenvalue weighted by Crippen LogP contribution is -2.41. The molecule has 0 saturated carbocycles. The average molecular weight is 420 g/mol. The number of benzene rings is 1. The van der Waals surface area contributed by atoms with Crippen LogP contribution in [0.3, 0.4) is 0 Å². The van der Waals surface area contributed by atoms with Crippen molar-refractivity contribution in [2.24, 2.45) is 14.1 Å². The molecular formula is C19H24N4O5S. The molecule has 0 radical (unpaired) electrons. The molecule has 1 saturated heterocycles. The van der Waals surface area contributed by atoms with Crippen LogP contribution >= 0.6 is 0 Å². The van der Waals surface area contributed by atoms with Crippen molar-refractivity contribution in [2.75, 3.05) is 18.8 Å². The summed E-state index contributed by atoms with van der Waals surface area (Å²) < 4.78 is 29.0. The van der Waals surface area contributed by atoms with Crippen molar-refractivity contribution in [1.29, 1.82) is 0 Å². The minimum Gasteiger partial charge on any atom is -0.384 e. The SMILES string of the molecule is Cn1c(N)c(C(=O)c2ccc(S(=O)(=O)N3CCCCCC3)cc2)c(=O)n(C)c1=O. The van der Waals surface area contributed by atoms with E-state index >= 15 is 0 Å². The quantitative estimate of drug-likeness (QED) is 0.717. The first-order valence-electron chi connectivity index (χ1n) is 9.36. The molecule has 9 nitrogen and oxygen atoms in total. The Hall–Kier alpha value is -2.72. The lowest BCUT2D eigenvalue weighted by atomic mass is 10.1. The van der Waals surface area contributed by atoms with Gasteiger partial charge in [-0.2, -0.15) is 4.31 Å². The predicted octanol–water partition coefficient (Wildman–Crippen LogP) is 0.462. The molecule has 0 bridgehead atoms. The Kier molecular flexibility index (Phi) is 5.76. The Balaban J connectivity index is 1.96. The van der Waals surface area contributed by atoms with Gasteiger partial charge in [-0.25, -0.2) is 13.2 Å². The highest BCUT2D eigenvalue weighted by atomic mass is 32.2. The van der Waals surface area contributed by atoms with Crippen LogP contribution in [0.1, 0.15) is 41.6 Å². The third kappa shape index (κ3) is 3.77. The van der Waals surface area contributed by atoms with Crippen molar-refractivity contribution in [3.05, 3.63) is 56.2 Å². The minimum atomic E-state index is -3.64. The second kappa shape index (κ2) is 7.96. The first-order chi connectivity index (χ1) is 13.7. The number of ketones is 1. The van der Waals surface area contributed by atoms with E-state index in [0.29, 0.717) is 13.1 Å². The van der Waals surface area contributed by atoms with Gasteiger partial charge in [-0.05, 0) is 37.1 Å². The number of carbonyl (C=O) groups is 1.